The van der Waals surface area contributed by atoms with Crippen LogP contribution in [-0.2, 0) is 13.0 Å². The number of rotatable bonds is 5. The molecule has 2 aromatic rings. The number of benzene rings is 1. The van der Waals surface area contributed by atoms with Gasteiger partial charge in [0.05, 0.1) is 17.2 Å². The summed E-state index contributed by atoms with van der Waals surface area (Å²) < 4.78 is 13.1. The van der Waals surface area contributed by atoms with E-state index in [2.05, 4.69) is 20.6 Å². The van der Waals surface area contributed by atoms with Gasteiger partial charge in [-0.1, -0.05) is 12.1 Å². The van der Waals surface area contributed by atoms with Crippen molar-refractivity contribution >= 4 is 17.3 Å². The highest BCUT2D eigenvalue weighted by Crippen LogP contribution is 2.16. The van der Waals surface area contributed by atoms with Crippen LogP contribution >= 0.6 is 11.3 Å². The zero-order valence-electron chi connectivity index (χ0n) is 13.1. The van der Waals surface area contributed by atoms with Crippen molar-refractivity contribution in [2.45, 2.75) is 26.8 Å². The van der Waals surface area contributed by atoms with Gasteiger partial charge in [0.2, 0.25) is 0 Å². The van der Waals surface area contributed by atoms with Crippen LogP contribution < -0.4 is 10.6 Å². The van der Waals surface area contributed by atoms with Gasteiger partial charge in [-0.2, -0.15) is 0 Å². The van der Waals surface area contributed by atoms with E-state index >= 15 is 0 Å². The lowest BCUT2D eigenvalue weighted by molar-refractivity contribution is 0.625. The Hall–Kier alpha value is -1.95. The van der Waals surface area contributed by atoms with Gasteiger partial charge < -0.3 is 10.6 Å². The Morgan fingerprint density at radius 2 is 2.14 bits per heavy atom. The summed E-state index contributed by atoms with van der Waals surface area (Å²) in [5.74, 6) is 0.540. The second-order valence-corrected chi connectivity index (χ2v) is 6.26. The third-order valence-electron chi connectivity index (χ3n) is 3.23. The number of aliphatic imine (C=N–C) groups is 1. The highest BCUT2D eigenvalue weighted by atomic mass is 32.1. The molecule has 1 aromatic heterocycles. The molecular weight excluding hydrogens is 299 g/mol. The fourth-order valence-corrected chi connectivity index (χ4v) is 3.02. The molecule has 118 valence electrons. The Morgan fingerprint density at radius 1 is 1.32 bits per heavy atom. The molecule has 0 saturated carbocycles. The van der Waals surface area contributed by atoms with E-state index in [1.807, 2.05) is 19.9 Å². The Balaban J connectivity index is 1.79. The first-order chi connectivity index (χ1) is 10.6. The van der Waals surface area contributed by atoms with Crippen LogP contribution in [0.15, 0.2) is 29.3 Å². The average Bonchev–Trinajstić information content (AvgIpc) is 2.80. The number of nitrogens with one attached hydrogen (secondary N) is 2. The first kappa shape index (κ1) is 16.4. The van der Waals surface area contributed by atoms with E-state index in [-0.39, 0.29) is 5.82 Å². The highest BCUT2D eigenvalue weighted by Gasteiger charge is 2.05. The van der Waals surface area contributed by atoms with Crippen molar-refractivity contribution in [3.63, 3.8) is 0 Å². The summed E-state index contributed by atoms with van der Waals surface area (Å²) >= 11 is 1.69. The molecule has 1 aromatic carbocycles. The van der Waals surface area contributed by atoms with Gasteiger partial charge in [-0.25, -0.2) is 9.37 Å². The summed E-state index contributed by atoms with van der Waals surface area (Å²) in [6.45, 7) is 5.43. The number of halogens is 1. The maximum Gasteiger partial charge on any atom is 0.191 e. The second kappa shape index (κ2) is 7.89. The largest absolute Gasteiger partial charge is 0.356 e. The summed E-state index contributed by atoms with van der Waals surface area (Å²) in [4.78, 5) is 9.81. The molecule has 0 bridgehead atoms. The molecule has 0 fully saturated rings. The molecule has 0 spiro atoms. The van der Waals surface area contributed by atoms with Crippen LogP contribution in [0, 0.1) is 19.7 Å². The number of aromatic nitrogens is 1. The molecule has 6 heteroatoms. The van der Waals surface area contributed by atoms with Gasteiger partial charge in [-0.05, 0) is 38.0 Å². The van der Waals surface area contributed by atoms with E-state index in [1.54, 1.807) is 30.5 Å². The van der Waals surface area contributed by atoms with E-state index in [4.69, 9.17) is 0 Å². The third-order valence-corrected chi connectivity index (χ3v) is 4.31. The van der Waals surface area contributed by atoms with Crippen LogP contribution in [0.2, 0.25) is 0 Å². The SMILES string of the molecule is CN=C(NCCc1cccc(F)c1)NCc1sc(C)nc1C. The Bertz CT molecular complexity index is 651. The zero-order chi connectivity index (χ0) is 15.9. The minimum Gasteiger partial charge on any atom is -0.356 e. The molecule has 0 atom stereocenters. The summed E-state index contributed by atoms with van der Waals surface area (Å²) in [5.41, 5.74) is 2.03. The lowest BCUT2D eigenvalue weighted by Gasteiger charge is -2.11. The molecule has 4 nitrogen and oxygen atoms in total. The van der Waals surface area contributed by atoms with E-state index < -0.39 is 0 Å². The van der Waals surface area contributed by atoms with E-state index in [1.165, 1.54) is 10.9 Å². The molecule has 2 rings (SSSR count). The van der Waals surface area contributed by atoms with Crippen molar-refractivity contribution in [3.05, 3.63) is 51.2 Å². The number of nitrogens with zero attached hydrogens (tertiary/aromatic N) is 2. The van der Waals surface area contributed by atoms with Crippen LogP contribution in [0.4, 0.5) is 4.39 Å². The van der Waals surface area contributed by atoms with Crippen molar-refractivity contribution in [2.24, 2.45) is 4.99 Å². The topological polar surface area (TPSA) is 49.3 Å². The molecule has 0 aliphatic heterocycles. The van der Waals surface area contributed by atoms with Gasteiger partial charge >= 0.3 is 0 Å². The first-order valence-electron chi connectivity index (χ1n) is 7.20. The predicted octanol–water partition coefficient (Wildman–Crippen LogP) is 2.81. The minimum absolute atomic E-state index is 0.198. The maximum atomic E-state index is 13.1. The molecule has 0 amide bonds. The summed E-state index contributed by atoms with van der Waals surface area (Å²) in [7, 11) is 1.74. The van der Waals surface area contributed by atoms with Crippen LogP contribution in [0.1, 0.15) is 21.1 Å². The summed E-state index contributed by atoms with van der Waals surface area (Å²) in [6.07, 6.45) is 0.747. The smallest absolute Gasteiger partial charge is 0.191 e. The monoisotopic (exact) mass is 320 g/mol. The van der Waals surface area contributed by atoms with Crippen LogP contribution in [0.5, 0.6) is 0 Å². The second-order valence-electron chi connectivity index (χ2n) is 4.97. The van der Waals surface area contributed by atoms with Crippen LogP contribution in [0.3, 0.4) is 0 Å². The zero-order valence-corrected chi connectivity index (χ0v) is 13.9. The summed E-state index contributed by atoms with van der Waals surface area (Å²) in [6, 6.07) is 6.66. The molecule has 0 aliphatic carbocycles. The van der Waals surface area contributed by atoms with Gasteiger partial charge in [-0.3, -0.25) is 4.99 Å². The predicted molar refractivity (Wildman–Crippen MR) is 89.9 cm³/mol. The third kappa shape index (κ3) is 4.80. The Kier molecular flexibility index (Phi) is 5.89. The molecule has 2 N–H and O–H groups in total. The fraction of sp³-hybridized carbons (Fsp3) is 0.375. The number of aryl methyl sites for hydroxylation is 2. The molecule has 1 heterocycles. The number of hydrogen-bond donors (Lipinski definition) is 2. The van der Waals surface area contributed by atoms with Crippen molar-refractivity contribution in [2.75, 3.05) is 13.6 Å². The molecule has 0 saturated heterocycles. The quantitative estimate of drug-likeness (QED) is 0.658. The lowest BCUT2D eigenvalue weighted by atomic mass is 10.1. The minimum atomic E-state index is -0.198. The first-order valence-corrected chi connectivity index (χ1v) is 8.02. The van der Waals surface area contributed by atoms with Crippen LogP contribution in [0.25, 0.3) is 0 Å². The number of thiazole rings is 1. The van der Waals surface area contributed by atoms with Gasteiger partial charge in [0.1, 0.15) is 5.82 Å². The molecule has 22 heavy (non-hydrogen) atoms. The average molecular weight is 320 g/mol. The fourth-order valence-electron chi connectivity index (χ4n) is 2.14. The van der Waals surface area contributed by atoms with E-state index in [0.717, 1.165) is 28.6 Å². The molecule has 0 radical (unpaired) electrons. The summed E-state index contributed by atoms with van der Waals surface area (Å²) in [5, 5.41) is 7.58. The van der Waals surface area contributed by atoms with E-state index in [9.17, 15) is 4.39 Å². The van der Waals surface area contributed by atoms with Gasteiger partial charge in [0.25, 0.3) is 0 Å². The standard InChI is InChI=1S/C16H21FN4S/c1-11-15(22-12(2)21-11)10-20-16(18-3)19-8-7-13-5-4-6-14(17)9-13/h4-6,9H,7-8,10H2,1-3H3,(H2,18,19,20). The Morgan fingerprint density at radius 3 is 2.77 bits per heavy atom. The Labute approximate surface area is 134 Å². The highest BCUT2D eigenvalue weighted by molar-refractivity contribution is 7.11. The molecule has 0 unspecified atom stereocenters. The van der Waals surface area contributed by atoms with Crippen molar-refractivity contribution in [1.82, 2.24) is 15.6 Å². The van der Waals surface area contributed by atoms with Gasteiger partial charge in [0, 0.05) is 18.5 Å². The van der Waals surface area contributed by atoms with Crippen molar-refractivity contribution in [1.29, 1.82) is 0 Å². The number of guanidine groups is 1. The van der Waals surface area contributed by atoms with Gasteiger partial charge in [0.15, 0.2) is 5.96 Å². The molecule has 0 aliphatic rings. The van der Waals surface area contributed by atoms with Crippen LogP contribution in [-0.4, -0.2) is 24.5 Å². The lowest BCUT2D eigenvalue weighted by Crippen LogP contribution is -2.37. The van der Waals surface area contributed by atoms with Crippen molar-refractivity contribution in [3.8, 4) is 0 Å². The maximum absolute atomic E-state index is 13.1. The van der Waals surface area contributed by atoms with Gasteiger partial charge in [-0.15, -0.1) is 11.3 Å². The normalized spacial score (nSPS) is 11.5. The number of hydrogen-bond acceptors (Lipinski definition) is 3. The molecular formula is C16H21FN4S. The van der Waals surface area contributed by atoms with Crippen molar-refractivity contribution < 1.29 is 4.39 Å². The van der Waals surface area contributed by atoms with E-state index in [0.29, 0.717) is 13.1 Å².